The van der Waals surface area contributed by atoms with E-state index in [2.05, 4.69) is 0 Å². The molecule has 0 N–H and O–H groups in total. The molecule has 1 unspecified atom stereocenters. The first-order valence-corrected chi connectivity index (χ1v) is 9.64. The molecule has 1 aromatic carbocycles. The quantitative estimate of drug-likeness (QED) is 0.794. The van der Waals surface area contributed by atoms with E-state index in [0.29, 0.717) is 29.2 Å². The van der Waals surface area contributed by atoms with Gasteiger partial charge in [-0.2, -0.15) is 4.31 Å². The molecule has 4 nitrogen and oxygen atoms in total. The number of carbonyl (C=O) groups is 1. The minimum Gasteiger partial charge on any atom is -0.294 e. The highest BCUT2D eigenvalue weighted by Gasteiger charge is 2.34. The number of ketones is 1. The van der Waals surface area contributed by atoms with E-state index in [-0.39, 0.29) is 18.2 Å². The molecule has 7 heteroatoms. The van der Waals surface area contributed by atoms with Crippen LogP contribution in [0.2, 0.25) is 0 Å². The van der Waals surface area contributed by atoms with Crippen molar-refractivity contribution in [3.05, 3.63) is 53.2 Å². The molecule has 0 saturated carbocycles. The Kier molecular flexibility index (Phi) is 4.61. The number of benzene rings is 1. The lowest BCUT2D eigenvalue weighted by molar-refractivity contribution is 0.0872. The number of hydrogen-bond acceptors (Lipinski definition) is 4. The van der Waals surface area contributed by atoms with Crippen LogP contribution in [-0.4, -0.2) is 31.6 Å². The zero-order chi connectivity index (χ0) is 16.4. The van der Waals surface area contributed by atoms with Crippen LogP contribution >= 0.6 is 11.3 Å². The maximum atomic E-state index is 13.0. The summed E-state index contributed by atoms with van der Waals surface area (Å²) in [7, 11) is -3.53. The van der Waals surface area contributed by atoms with Crippen molar-refractivity contribution in [1.29, 1.82) is 0 Å². The van der Waals surface area contributed by atoms with Crippen LogP contribution in [0.1, 0.15) is 23.2 Å². The van der Waals surface area contributed by atoms with Gasteiger partial charge in [-0.3, -0.25) is 4.79 Å². The molecule has 0 bridgehead atoms. The molecule has 1 aliphatic heterocycles. The van der Waals surface area contributed by atoms with E-state index in [1.807, 2.05) is 0 Å². The summed E-state index contributed by atoms with van der Waals surface area (Å²) in [6.45, 7) is 0.601. The maximum absolute atomic E-state index is 13.0. The molecule has 122 valence electrons. The third kappa shape index (κ3) is 3.36. The van der Waals surface area contributed by atoms with E-state index >= 15 is 0 Å². The molecule has 1 aliphatic rings. The van der Waals surface area contributed by atoms with Gasteiger partial charge in [0.05, 0.1) is 0 Å². The predicted octanol–water partition coefficient (Wildman–Crippen LogP) is 3.17. The molecule has 1 saturated heterocycles. The second-order valence-electron chi connectivity index (χ2n) is 5.51. The molecular weight excluding hydrogens is 337 g/mol. The molecule has 23 heavy (non-hydrogen) atoms. The fraction of sp³-hybridized carbons (Fsp3) is 0.312. The van der Waals surface area contributed by atoms with Crippen LogP contribution in [0.3, 0.4) is 0 Å². The summed E-state index contributed by atoms with van der Waals surface area (Å²) in [5, 5.41) is 1.72. The van der Waals surface area contributed by atoms with Gasteiger partial charge in [-0.05, 0) is 48.6 Å². The van der Waals surface area contributed by atoms with E-state index in [0.717, 1.165) is 0 Å². The molecule has 1 atom stereocenters. The number of hydrogen-bond donors (Lipinski definition) is 0. The van der Waals surface area contributed by atoms with Crippen molar-refractivity contribution in [3.63, 3.8) is 0 Å². The Balaban J connectivity index is 1.78. The van der Waals surface area contributed by atoms with Gasteiger partial charge in [0, 0.05) is 24.6 Å². The monoisotopic (exact) mass is 353 g/mol. The third-order valence-electron chi connectivity index (χ3n) is 3.97. The molecule has 0 radical (unpaired) electrons. The Morgan fingerprint density at radius 3 is 2.61 bits per heavy atom. The minimum absolute atomic E-state index is 0.129. The third-order valence-corrected chi connectivity index (χ3v) is 7.21. The van der Waals surface area contributed by atoms with Crippen LogP contribution < -0.4 is 0 Å². The number of sulfonamides is 1. The molecule has 0 amide bonds. The van der Waals surface area contributed by atoms with Crippen molar-refractivity contribution < 1.29 is 17.6 Å². The first-order valence-electron chi connectivity index (χ1n) is 7.32. The summed E-state index contributed by atoms with van der Waals surface area (Å²) in [5.74, 6) is -0.910. The van der Waals surface area contributed by atoms with Gasteiger partial charge in [0.2, 0.25) is 0 Å². The second kappa shape index (κ2) is 6.51. The van der Waals surface area contributed by atoms with E-state index in [1.54, 1.807) is 17.5 Å². The summed E-state index contributed by atoms with van der Waals surface area (Å²) in [5.41, 5.74) is 0.423. The number of thiophene rings is 1. The van der Waals surface area contributed by atoms with Crippen molar-refractivity contribution in [1.82, 2.24) is 4.31 Å². The van der Waals surface area contributed by atoms with Crippen LogP contribution in [0.5, 0.6) is 0 Å². The Hall–Kier alpha value is -1.57. The minimum atomic E-state index is -3.53. The van der Waals surface area contributed by atoms with Gasteiger partial charge in [0.1, 0.15) is 10.0 Å². The van der Waals surface area contributed by atoms with Crippen LogP contribution in [0.25, 0.3) is 0 Å². The standard InChI is InChI=1S/C16H16FNO3S2/c17-14-7-5-12(6-8-14)16(19)13-3-1-9-18(11-13)23(20,21)15-4-2-10-22-15/h2,4-8,10,13H,1,3,9,11H2. The van der Waals surface area contributed by atoms with E-state index in [4.69, 9.17) is 0 Å². The molecule has 0 spiro atoms. The lowest BCUT2D eigenvalue weighted by atomic mass is 9.91. The number of carbonyl (C=O) groups excluding carboxylic acids is 1. The number of halogens is 1. The van der Waals surface area contributed by atoms with Gasteiger partial charge in [-0.25, -0.2) is 12.8 Å². The average Bonchev–Trinajstić information content (AvgIpc) is 3.10. The van der Waals surface area contributed by atoms with Crippen molar-refractivity contribution in [2.75, 3.05) is 13.1 Å². The lowest BCUT2D eigenvalue weighted by Crippen LogP contribution is -2.42. The average molecular weight is 353 g/mol. The zero-order valence-electron chi connectivity index (χ0n) is 12.3. The molecule has 2 heterocycles. The molecule has 0 aliphatic carbocycles. The molecule has 2 aromatic rings. The van der Waals surface area contributed by atoms with Crippen molar-refractivity contribution in [2.45, 2.75) is 17.1 Å². The highest BCUT2D eigenvalue weighted by atomic mass is 32.2. The summed E-state index contributed by atoms with van der Waals surface area (Å²) in [6, 6.07) is 8.66. The number of Topliss-reactive ketones (excluding diaryl/α,β-unsaturated/α-hetero) is 1. The largest absolute Gasteiger partial charge is 0.294 e. The SMILES string of the molecule is O=C(c1ccc(F)cc1)C1CCCN(S(=O)(=O)c2cccs2)C1. The number of nitrogens with zero attached hydrogens (tertiary/aromatic N) is 1. The van der Waals surface area contributed by atoms with E-state index < -0.39 is 15.8 Å². The van der Waals surface area contributed by atoms with Crippen molar-refractivity contribution in [3.8, 4) is 0 Å². The van der Waals surface area contributed by atoms with Crippen LogP contribution in [0.4, 0.5) is 4.39 Å². The van der Waals surface area contributed by atoms with Gasteiger partial charge in [0.25, 0.3) is 10.0 Å². The Bertz CT molecular complexity index is 785. The summed E-state index contributed by atoms with van der Waals surface area (Å²) in [4.78, 5) is 12.5. The molecule has 1 aromatic heterocycles. The van der Waals surface area contributed by atoms with Crippen LogP contribution in [-0.2, 0) is 10.0 Å². The fourth-order valence-corrected chi connectivity index (χ4v) is 5.43. The van der Waals surface area contributed by atoms with E-state index in [1.165, 1.54) is 39.9 Å². The molecule has 3 rings (SSSR count). The number of piperidine rings is 1. The van der Waals surface area contributed by atoms with Gasteiger partial charge in [0.15, 0.2) is 5.78 Å². The topological polar surface area (TPSA) is 54.5 Å². The van der Waals surface area contributed by atoms with Crippen molar-refractivity contribution in [2.24, 2.45) is 5.92 Å². The predicted molar refractivity (Wildman–Crippen MR) is 86.5 cm³/mol. The Morgan fingerprint density at radius 1 is 1.22 bits per heavy atom. The highest BCUT2D eigenvalue weighted by molar-refractivity contribution is 7.91. The summed E-state index contributed by atoms with van der Waals surface area (Å²) >= 11 is 1.17. The fourth-order valence-electron chi connectivity index (χ4n) is 2.76. The van der Waals surface area contributed by atoms with Gasteiger partial charge < -0.3 is 0 Å². The van der Waals surface area contributed by atoms with E-state index in [9.17, 15) is 17.6 Å². The zero-order valence-corrected chi connectivity index (χ0v) is 13.9. The van der Waals surface area contributed by atoms with Gasteiger partial charge >= 0.3 is 0 Å². The van der Waals surface area contributed by atoms with Crippen LogP contribution in [0.15, 0.2) is 46.0 Å². The second-order valence-corrected chi connectivity index (χ2v) is 8.62. The maximum Gasteiger partial charge on any atom is 0.252 e. The number of rotatable bonds is 4. The van der Waals surface area contributed by atoms with Crippen LogP contribution in [0, 0.1) is 11.7 Å². The lowest BCUT2D eigenvalue weighted by Gasteiger charge is -2.30. The Labute approximate surface area is 138 Å². The van der Waals surface area contributed by atoms with Crippen molar-refractivity contribution >= 4 is 27.1 Å². The Morgan fingerprint density at radius 2 is 1.96 bits per heavy atom. The summed E-state index contributed by atoms with van der Waals surface area (Å²) < 4.78 is 39.8. The summed E-state index contributed by atoms with van der Waals surface area (Å²) in [6.07, 6.45) is 1.29. The molecule has 1 fully saturated rings. The first-order chi connectivity index (χ1) is 11.0. The van der Waals surface area contributed by atoms with Gasteiger partial charge in [-0.1, -0.05) is 6.07 Å². The molecular formula is C16H16FNO3S2. The smallest absolute Gasteiger partial charge is 0.252 e. The highest BCUT2D eigenvalue weighted by Crippen LogP contribution is 2.28. The normalized spacial score (nSPS) is 19.6. The first kappa shape index (κ1) is 16.3. The van der Waals surface area contributed by atoms with Gasteiger partial charge in [-0.15, -0.1) is 11.3 Å².